The van der Waals surface area contributed by atoms with Crippen LogP contribution in [0.3, 0.4) is 0 Å². The summed E-state index contributed by atoms with van der Waals surface area (Å²) in [6, 6.07) is 9.51. The van der Waals surface area contributed by atoms with Crippen LogP contribution in [-0.2, 0) is 4.74 Å². The van der Waals surface area contributed by atoms with E-state index in [4.69, 9.17) is 4.74 Å². The van der Waals surface area contributed by atoms with E-state index >= 15 is 0 Å². The Morgan fingerprint density at radius 2 is 2.04 bits per heavy atom. The number of halogens is 1. The second-order valence-electron chi connectivity index (χ2n) is 7.01. The molecule has 3 nitrogen and oxygen atoms in total. The number of piperidine rings is 1. The molecule has 2 heterocycles. The zero-order valence-corrected chi connectivity index (χ0v) is 15.8. The molecule has 2 aliphatic rings. The van der Waals surface area contributed by atoms with Gasteiger partial charge in [0.15, 0.2) is 0 Å². The summed E-state index contributed by atoms with van der Waals surface area (Å²) in [5.74, 6) is 0.581. The van der Waals surface area contributed by atoms with Gasteiger partial charge in [-0.05, 0) is 43.0 Å². The number of morpholine rings is 1. The lowest BCUT2D eigenvalue weighted by molar-refractivity contribution is 0.0159. The smallest absolute Gasteiger partial charge is 0.0594 e. The Hall–Kier alpha value is -0.420. The average molecular weight is 381 g/mol. The quantitative estimate of drug-likeness (QED) is 0.773. The molecule has 2 atom stereocenters. The van der Waals surface area contributed by atoms with Gasteiger partial charge >= 0.3 is 0 Å². The van der Waals surface area contributed by atoms with Gasteiger partial charge in [0.1, 0.15) is 0 Å². The number of hydrogen-bond donors (Lipinski definition) is 0. The zero-order valence-electron chi connectivity index (χ0n) is 14.2. The highest BCUT2D eigenvalue weighted by atomic mass is 79.9. The molecule has 0 aromatic heterocycles. The van der Waals surface area contributed by atoms with E-state index in [0.29, 0.717) is 5.92 Å². The van der Waals surface area contributed by atoms with E-state index in [1.807, 2.05) is 0 Å². The fourth-order valence-electron chi connectivity index (χ4n) is 3.86. The molecular formula is C19H29BrN2O. The van der Waals surface area contributed by atoms with Gasteiger partial charge in [0, 0.05) is 36.7 Å². The summed E-state index contributed by atoms with van der Waals surface area (Å²) in [5.41, 5.74) is 1.44. The number of rotatable bonds is 5. The summed E-state index contributed by atoms with van der Waals surface area (Å²) in [5, 5.41) is 0. The molecule has 0 N–H and O–H groups in total. The summed E-state index contributed by atoms with van der Waals surface area (Å²) in [4.78, 5) is 5.33. The molecule has 128 valence electrons. The van der Waals surface area contributed by atoms with E-state index < -0.39 is 0 Å². The molecule has 4 heteroatoms. The van der Waals surface area contributed by atoms with Crippen molar-refractivity contribution >= 4 is 15.9 Å². The number of ether oxygens (including phenoxy) is 1. The molecule has 23 heavy (non-hydrogen) atoms. The fourth-order valence-corrected chi connectivity index (χ4v) is 4.28. The second-order valence-corrected chi connectivity index (χ2v) is 7.93. The second kappa shape index (κ2) is 8.61. The van der Waals surface area contributed by atoms with Gasteiger partial charge in [-0.25, -0.2) is 0 Å². The van der Waals surface area contributed by atoms with Crippen molar-refractivity contribution in [2.75, 3.05) is 45.9 Å². The molecule has 1 aromatic carbocycles. The van der Waals surface area contributed by atoms with Gasteiger partial charge in [-0.2, -0.15) is 0 Å². The topological polar surface area (TPSA) is 15.7 Å². The van der Waals surface area contributed by atoms with E-state index in [0.717, 1.165) is 32.3 Å². The van der Waals surface area contributed by atoms with Crippen molar-refractivity contribution in [2.45, 2.75) is 38.1 Å². The molecule has 0 amide bonds. The summed E-state index contributed by atoms with van der Waals surface area (Å²) < 4.78 is 6.68. The molecule has 2 unspecified atom stereocenters. The Morgan fingerprint density at radius 1 is 1.22 bits per heavy atom. The molecule has 0 saturated carbocycles. The van der Waals surface area contributed by atoms with Crippen molar-refractivity contribution in [1.29, 1.82) is 0 Å². The van der Waals surface area contributed by atoms with Crippen molar-refractivity contribution in [3.63, 3.8) is 0 Å². The fraction of sp³-hybridized carbons (Fsp3) is 0.684. The van der Waals surface area contributed by atoms with Gasteiger partial charge in [0.25, 0.3) is 0 Å². The van der Waals surface area contributed by atoms with Crippen LogP contribution in [0.5, 0.6) is 0 Å². The Balaban J connectivity index is 1.59. The van der Waals surface area contributed by atoms with Crippen LogP contribution in [0, 0.1) is 0 Å². The number of hydrogen-bond acceptors (Lipinski definition) is 3. The first kappa shape index (κ1) is 17.4. The first-order valence-electron chi connectivity index (χ1n) is 9.02. The SMILES string of the molecule is CC(CN1CCCCC1CN1CCOCC1)c1cccc(Br)c1. The van der Waals surface area contributed by atoms with Crippen LogP contribution in [0.15, 0.2) is 28.7 Å². The lowest BCUT2D eigenvalue weighted by atomic mass is 9.96. The predicted octanol–water partition coefficient (Wildman–Crippen LogP) is 3.74. The average Bonchev–Trinajstić information content (AvgIpc) is 2.57. The molecule has 0 aliphatic carbocycles. The highest BCUT2D eigenvalue weighted by Gasteiger charge is 2.26. The zero-order chi connectivity index (χ0) is 16.1. The maximum Gasteiger partial charge on any atom is 0.0594 e. The lowest BCUT2D eigenvalue weighted by Gasteiger charge is -2.40. The van der Waals surface area contributed by atoms with E-state index in [1.165, 1.54) is 48.9 Å². The molecule has 0 spiro atoms. The van der Waals surface area contributed by atoms with E-state index in [1.54, 1.807) is 0 Å². The third-order valence-electron chi connectivity index (χ3n) is 5.25. The molecular weight excluding hydrogens is 352 g/mol. The third kappa shape index (κ3) is 5.02. The molecule has 1 aromatic rings. The Labute approximate surface area is 149 Å². The van der Waals surface area contributed by atoms with Crippen LogP contribution in [-0.4, -0.2) is 61.8 Å². The molecule has 0 bridgehead atoms. The van der Waals surface area contributed by atoms with Gasteiger partial charge < -0.3 is 4.74 Å². The van der Waals surface area contributed by atoms with Crippen molar-refractivity contribution in [2.24, 2.45) is 0 Å². The van der Waals surface area contributed by atoms with Crippen molar-refractivity contribution in [3.05, 3.63) is 34.3 Å². The molecule has 2 saturated heterocycles. The maximum absolute atomic E-state index is 5.49. The van der Waals surface area contributed by atoms with Crippen molar-refractivity contribution in [3.8, 4) is 0 Å². The number of nitrogens with zero attached hydrogens (tertiary/aromatic N) is 2. The normalized spacial score (nSPS) is 25.4. The lowest BCUT2D eigenvalue weighted by Crippen LogP contribution is -2.50. The number of likely N-dealkylation sites (tertiary alicyclic amines) is 1. The largest absolute Gasteiger partial charge is 0.379 e. The minimum Gasteiger partial charge on any atom is -0.379 e. The Morgan fingerprint density at radius 3 is 2.83 bits per heavy atom. The van der Waals surface area contributed by atoms with E-state index in [9.17, 15) is 0 Å². The summed E-state index contributed by atoms with van der Waals surface area (Å²) in [6.07, 6.45) is 4.09. The van der Waals surface area contributed by atoms with Gasteiger partial charge in [-0.15, -0.1) is 0 Å². The van der Waals surface area contributed by atoms with Crippen LogP contribution in [0.25, 0.3) is 0 Å². The van der Waals surface area contributed by atoms with Crippen molar-refractivity contribution < 1.29 is 4.74 Å². The highest BCUT2D eigenvalue weighted by molar-refractivity contribution is 9.10. The van der Waals surface area contributed by atoms with Crippen LogP contribution >= 0.6 is 15.9 Å². The summed E-state index contributed by atoms with van der Waals surface area (Å²) in [7, 11) is 0. The first-order valence-corrected chi connectivity index (χ1v) is 9.81. The standard InChI is InChI=1S/C19H29BrN2O/c1-16(17-5-4-6-18(20)13-17)14-22-8-3-2-7-19(22)15-21-9-11-23-12-10-21/h4-6,13,16,19H,2-3,7-12,14-15H2,1H3. The molecule has 3 rings (SSSR count). The predicted molar refractivity (Wildman–Crippen MR) is 99.0 cm³/mol. The highest BCUT2D eigenvalue weighted by Crippen LogP contribution is 2.25. The maximum atomic E-state index is 5.49. The Bertz CT molecular complexity index is 490. The first-order chi connectivity index (χ1) is 11.2. The van der Waals surface area contributed by atoms with E-state index in [2.05, 4.69) is 56.9 Å². The van der Waals surface area contributed by atoms with Crippen LogP contribution in [0.1, 0.15) is 37.7 Å². The molecule has 2 fully saturated rings. The van der Waals surface area contributed by atoms with E-state index in [-0.39, 0.29) is 0 Å². The third-order valence-corrected chi connectivity index (χ3v) is 5.74. The van der Waals surface area contributed by atoms with Gasteiger partial charge in [0.2, 0.25) is 0 Å². The van der Waals surface area contributed by atoms with Crippen LogP contribution in [0.2, 0.25) is 0 Å². The number of benzene rings is 1. The van der Waals surface area contributed by atoms with Gasteiger partial charge in [-0.3, -0.25) is 9.80 Å². The monoisotopic (exact) mass is 380 g/mol. The summed E-state index contributed by atoms with van der Waals surface area (Å²) in [6.45, 7) is 10.0. The minimum atomic E-state index is 0.581. The molecule has 0 radical (unpaired) electrons. The van der Waals surface area contributed by atoms with Gasteiger partial charge in [0.05, 0.1) is 13.2 Å². The Kier molecular flexibility index (Phi) is 6.52. The van der Waals surface area contributed by atoms with Crippen LogP contribution < -0.4 is 0 Å². The van der Waals surface area contributed by atoms with Crippen molar-refractivity contribution in [1.82, 2.24) is 9.80 Å². The van der Waals surface area contributed by atoms with Gasteiger partial charge in [-0.1, -0.05) is 41.4 Å². The minimum absolute atomic E-state index is 0.581. The van der Waals surface area contributed by atoms with Crippen LogP contribution in [0.4, 0.5) is 0 Å². The summed E-state index contributed by atoms with van der Waals surface area (Å²) >= 11 is 3.60. The molecule has 2 aliphatic heterocycles.